The van der Waals surface area contributed by atoms with Gasteiger partial charge in [-0.2, -0.15) is 0 Å². The molecule has 2 atom stereocenters. The van der Waals surface area contributed by atoms with Crippen LogP contribution in [-0.4, -0.2) is 44.0 Å². The molecule has 6 nitrogen and oxygen atoms in total. The standard InChI is InChI=1S/C15H25N5OS/c1-10-17-18-13(20(10)16)22-7-12(21)19-9-15(4)6-11(19)5-14(2,3)8-15/h11H,5-9,16H2,1-4H3/t11-,15-/m0/s1. The molecule has 22 heavy (non-hydrogen) atoms. The first kappa shape index (κ1) is 15.6. The fourth-order valence-corrected chi connectivity index (χ4v) is 5.20. The summed E-state index contributed by atoms with van der Waals surface area (Å²) in [6.45, 7) is 9.64. The van der Waals surface area contributed by atoms with Crippen LogP contribution in [0.5, 0.6) is 0 Å². The van der Waals surface area contributed by atoms with Gasteiger partial charge in [-0.15, -0.1) is 10.2 Å². The van der Waals surface area contributed by atoms with Gasteiger partial charge in [0, 0.05) is 12.6 Å². The third-order valence-corrected chi connectivity index (χ3v) is 5.82. The minimum Gasteiger partial charge on any atom is -0.338 e. The molecule has 1 aromatic heterocycles. The maximum Gasteiger partial charge on any atom is 0.233 e. The van der Waals surface area contributed by atoms with Gasteiger partial charge in [0.1, 0.15) is 5.82 Å². The number of thioether (sulfide) groups is 1. The average Bonchev–Trinajstić information content (AvgIpc) is 2.84. The van der Waals surface area contributed by atoms with Crippen LogP contribution in [-0.2, 0) is 4.79 Å². The molecule has 2 N–H and O–H groups in total. The molecule has 2 heterocycles. The molecule has 7 heteroatoms. The van der Waals surface area contributed by atoms with E-state index < -0.39 is 0 Å². The minimum absolute atomic E-state index is 0.192. The molecule has 0 spiro atoms. The van der Waals surface area contributed by atoms with Gasteiger partial charge < -0.3 is 10.7 Å². The third kappa shape index (κ3) is 2.83. The van der Waals surface area contributed by atoms with E-state index in [9.17, 15) is 4.79 Å². The van der Waals surface area contributed by atoms with Crippen molar-refractivity contribution in [3.63, 3.8) is 0 Å². The van der Waals surface area contributed by atoms with E-state index in [1.54, 1.807) is 6.92 Å². The maximum absolute atomic E-state index is 12.6. The Hall–Kier alpha value is -1.24. The number of nitrogens with two attached hydrogens (primary N) is 1. The number of fused-ring (bicyclic) bond motifs is 2. The van der Waals surface area contributed by atoms with Crippen molar-refractivity contribution in [1.82, 2.24) is 19.8 Å². The van der Waals surface area contributed by atoms with Crippen molar-refractivity contribution in [1.29, 1.82) is 0 Å². The summed E-state index contributed by atoms with van der Waals surface area (Å²) in [5.41, 5.74) is 0.603. The topological polar surface area (TPSA) is 77.0 Å². The number of rotatable bonds is 3. The van der Waals surface area contributed by atoms with Crippen molar-refractivity contribution in [3.8, 4) is 0 Å². The van der Waals surface area contributed by atoms with Gasteiger partial charge in [-0.25, -0.2) is 4.68 Å². The lowest BCUT2D eigenvalue weighted by molar-refractivity contribution is -0.129. The van der Waals surface area contributed by atoms with Crippen LogP contribution in [0.25, 0.3) is 0 Å². The summed E-state index contributed by atoms with van der Waals surface area (Å²) in [6, 6.07) is 0.388. The first-order valence-corrected chi connectivity index (χ1v) is 8.77. The first-order valence-electron chi connectivity index (χ1n) is 7.79. The molecule has 1 aliphatic heterocycles. The van der Waals surface area contributed by atoms with Crippen molar-refractivity contribution in [2.45, 2.75) is 58.2 Å². The van der Waals surface area contributed by atoms with Gasteiger partial charge in [0.15, 0.2) is 0 Å². The molecule has 1 amide bonds. The summed E-state index contributed by atoms with van der Waals surface area (Å²) in [4.78, 5) is 14.7. The Morgan fingerprint density at radius 3 is 2.73 bits per heavy atom. The summed E-state index contributed by atoms with van der Waals surface area (Å²) < 4.78 is 1.44. The van der Waals surface area contributed by atoms with Crippen LogP contribution >= 0.6 is 11.8 Å². The van der Waals surface area contributed by atoms with E-state index >= 15 is 0 Å². The normalized spacial score (nSPS) is 29.8. The zero-order valence-electron chi connectivity index (χ0n) is 13.8. The quantitative estimate of drug-likeness (QED) is 0.678. The molecule has 122 valence electrons. The second kappa shape index (κ2) is 5.15. The molecule has 2 fully saturated rings. The monoisotopic (exact) mass is 323 g/mol. The Morgan fingerprint density at radius 1 is 1.36 bits per heavy atom. The Morgan fingerprint density at radius 2 is 2.09 bits per heavy atom. The predicted octanol–water partition coefficient (Wildman–Crippen LogP) is 1.82. The number of carbonyl (C=O) groups is 1. The van der Waals surface area contributed by atoms with Crippen molar-refractivity contribution < 1.29 is 4.79 Å². The van der Waals surface area contributed by atoms with Crippen LogP contribution in [0.15, 0.2) is 5.16 Å². The number of likely N-dealkylation sites (tertiary alicyclic amines) is 1. The lowest BCUT2D eigenvalue weighted by Gasteiger charge is -2.39. The highest BCUT2D eigenvalue weighted by atomic mass is 32.2. The lowest BCUT2D eigenvalue weighted by Crippen LogP contribution is -2.38. The van der Waals surface area contributed by atoms with E-state index in [0.717, 1.165) is 19.4 Å². The van der Waals surface area contributed by atoms with E-state index in [0.29, 0.717) is 28.2 Å². The van der Waals surface area contributed by atoms with E-state index in [1.807, 2.05) is 0 Å². The summed E-state index contributed by atoms with van der Waals surface area (Å²) >= 11 is 1.37. The lowest BCUT2D eigenvalue weighted by atomic mass is 9.65. The zero-order chi connectivity index (χ0) is 16.1. The summed E-state index contributed by atoms with van der Waals surface area (Å²) in [6.07, 6.45) is 3.44. The molecule has 1 saturated heterocycles. The van der Waals surface area contributed by atoms with E-state index in [2.05, 4.69) is 35.9 Å². The third-order valence-electron chi connectivity index (χ3n) is 4.89. The highest BCUT2D eigenvalue weighted by molar-refractivity contribution is 7.99. The molecule has 1 saturated carbocycles. The molecule has 0 aromatic carbocycles. The maximum atomic E-state index is 12.6. The summed E-state index contributed by atoms with van der Waals surface area (Å²) in [7, 11) is 0. The van der Waals surface area contributed by atoms with Crippen molar-refractivity contribution in [2.75, 3.05) is 18.1 Å². The number of carbonyl (C=O) groups excluding carboxylic acids is 1. The smallest absolute Gasteiger partial charge is 0.233 e. The van der Waals surface area contributed by atoms with E-state index in [4.69, 9.17) is 5.84 Å². The largest absolute Gasteiger partial charge is 0.338 e. The second-order valence-corrected chi connectivity index (χ2v) is 8.87. The van der Waals surface area contributed by atoms with Crippen LogP contribution < -0.4 is 5.84 Å². The van der Waals surface area contributed by atoms with Gasteiger partial charge in [-0.05, 0) is 37.0 Å². The molecule has 2 aliphatic rings. The van der Waals surface area contributed by atoms with E-state index in [-0.39, 0.29) is 11.3 Å². The number of aromatic nitrogens is 3. The Labute approximate surface area is 135 Å². The molecule has 1 aromatic rings. The van der Waals surface area contributed by atoms with Gasteiger partial charge in [0.05, 0.1) is 5.75 Å². The molecule has 2 bridgehead atoms. The second-order valence-electron chi connectivity index (χ2n) is 7.92. The summed E-state index contributed by atoms with van der Waals surface area (Å²) in [5.74, 6) is 7.05. The SMILES string of the molecule is Cc1nnc(SCC(=O)N2C[C@@]3(C)C[C@@H]2CC(C)(C)C3)n1N. The van der Waals surface area contributed by atoms with Gasteiger partial charge >= 0.3 is 0 Å². The van der Waals surface area contributed by atoms with Gasteiger partial charge in [-0.3, -0.25) is 4.79 Å². The van der Waals surface area contributed by atoms with Crippen molar-refractivity contribution >= 4 is 17.7 Å². The molecule has 0 radical (unpaired) electrons. The Kier molecular flexibility index (Phi) is 3.66. The van der Waals surface area contributed by atoms with Crippen LogP contribution in [0.4, 0.5) is 0 Å². The van der Waals surface area contributed by atoms with Crippen molar-refractivity contribution in [3.05, 3.63) is 5.82 Å². The molecular weight excluding hydrogens is 298 g/mol. The van der Waals surface area contributed by atoms with E-state index in [1.165, 1.54) is 22.9 Å². The predicted molar refractivity (Wildman–Crippen MR) is 86.9 cm³/mol. The average molecular weight is 323 g/mol. The number of hydrogen-bond donors (Lipinski definition) is 1. The summed E-state index contributed by atoms with van der Waals surface area (Å²) in [5, 5.41) is 8.51. The van der Waals surface area contributed by atoms with Crippen LogP contribution in [0, 0.1) is 17.8 Å². The first-order chi connectivity index (χ1) is 10.2. The molecular formula is C15H25N5OS. The number of hydrogen-bond acceptors (Lipinski definition) is 5. The number of aryl methyl sites for hydroxylation is 1. The highest BCUT2D eigenvalue weighted by Gasteiger charge is 2.50. The van der Waals surface area contributed by atoms with Crippen LogP contribution in [0.1, 0.15) is 45.9 Å². The fourth-order valence-electron chi connectivity index (χ4n) is 4.41. The molecule has 3 rings (SSSR count). The Bertz CT molecular complexity index is 599. The minimum atomic E-state index is 0.192. The zero-order valence-corrected chi connectivity index (χ0v) is 14.6. The molecule has 1 aliphatic carbocycles. The van der Waals surface area contributed by atoms with Crippen molar-refractivity contribution in [2.24, 2.45) is 10.8 Å². The Balaban J connectivity index is 1.65. The van der Waals surface area contributed by atoms with Gasteiger partial charge in [-0.1, -0.05) is 32.5 Å². The number of nitrogen functional groups attached to an aromatic ring is 1. The van der Waals surface area contributed by atoms with Gasteiger partial charge in [0.25, 0.3) is 0 Å². The van der Waals surface area contributed by atoms with Crippen LogP contribution in [0.3, 0.4) is 0 Å². The number of nitrogens with zero attached hydrogens (tertiary/aromatic N) is 4. The fraction of sp³-hybridized carbons (Fsp3) is 0.800. The van der Waals surface area contributed by atoms with Crippen LogP contribution in [0.2, 0.25) is 0 Å². The number of amides is 1. The van der Waals surface area contributed by atoms with Gasteiger partial charge in [0.2, 0.25) is 11.1 Å². The highest BCUT2D eigenvalue weighted by Crippen LogP contribution is 2.52. The molecule has 0 unspecified atom stereocenters.